The summed E-state index contributed by atoms with van der Waals surface area (Å²) >= 11 is 0. The molecule has 1 aromatic rings. The lowest BCUT2D eigenvalue weighted by Crippen LogP contribution is -2.45. The van der Waals surface area contributed by atoms with E-state index >= 15 is 0 Å². The lowest BCUT2D eigenvalue weighted by atomic mass is 10.0. The van der Waals surface area contributed by atoms with Gasteiger partial charge in [-0.2, -0.15) is 0 Å². The van der Waals surface area contributed by atoms with E-state index in [4.69, 9.17) is 4.74 Å². The van der Waals surface area contributed by atoms with Gasteiger partial charge in [0.25, 0.3) is 0 Å². The zero-order valence-corrected chi connectivity index (χ0v) is 13.6. The van der Waals surface area contributed by atoms with E-state index in [-0.39, 0.29) is 30.9 Å². The van der Waals surface area contributed by atoms with Crippen LogP contribution in [-0.2, 0) is 0 Å². The molecule has 1 aromatic carbocycles. The van der Waals surface area contributed by atoms with Crippen LogP contribution in [0.2, 0.25) is 0 Å². The molecule has 1 heterocycles. The fourth-order valence-electron chi connectivity index (χ4n) is 2.60. The average molecular weight is 323 g/mol. The summed E-state index contributed by atoms with van der Waals surface area (Å²) in [7, 11) is 1.61. The molecule has 1 aliphatic heterocycles. The number of methoxy groups -OCH3 is 1. The third-order valence-electron chi connectivity index (χ3n) is 3.58. The smallest absolute Gasteiger partial charge is 0.124 e. The number of phenols is 1. The Morgan fingerprint density at radius 2 is 1.95 bits per heavy atom. The maximum Gasteiger partial charge on any atom is 0.124 e. The first kappa shape index (κ1) is 19.3. The van der Waals surface area contributed by atoms with Crippen molar-refractivity contribution in [3.8, 4) is 11.5 Å². The Labute approximate surface area is 133 Å². The number of piperazine rings is 1. The molecule has 1 saturated heterocycles. The number of nitrogens with one attached hydrogen (secondary N) is 1. The SMILES string of the molecule is CC[C@@H](c1ccc(OC)cc1O)N1CCNCC1.Cl.Cl. The zero-order chi connectivity index (χ0) is 13.0. The first-order chi connectivity index (χ1) is 8.76. The summed E-state index contributed by atoms with van der Waals surface area (Å²) < 4.78 is 5.13. The van der Waals surface area contributed by atoms with Crippen LogP contribution >= 0.6 is 24.8 Å². The molecule has 0 bridgehead atoms. The number of hydrogen-bond donors (Lipinski definition) is 2. The van der Waals surface area contributed by atoms with Gasteiger partial charge < -0.3 is 15.2 Å². The summed E-state index contributed by atoms with van der Waals surface area (Å²) in [5.74, 6) is 1.03. The third kappa shape index (κ3) is 4.42. The van der Waals surface area contributed by atoms with Crippen LogP contribution in [0.4, 0.5) is 0 Å². The second-order valence-electron chi connectivity index (χ2n) is 4.63. The van der Waals surface area contributed by atoms with E-state index in [2.05, 4.69) is 17.1 Å². The van der Waals surface area contributed by atoms with E-state index in [9.17, 15) is 5.11 Å². The van der Waals surface area contributed by atoms with Crippen LogP contribution in [0.25, 0.3) is 0 Å². The van der Waals surface area contributed by atoms with Crippen LogP contribution in [0.5, 0.6) is 11.5 Å². The molecular formula is C14H24Cl2N2O2. The van der Waals surface area contributed by atoms with Crippen LogP contribution < -0.4 is 10.1 Å². The number of nitrogens with zero attached hydrogens (tertiary/aromatic N) is 1. The molecule has 0 radical (unpaired) electrons. The highest BCUT2D eigenvalue weighted by Gasteiger charge is 2.22. The fourth-order valence-corrected chi connectivity index (χ4v) is 2.60. The number of halogens is 2. The summed E-state index contributed by atoms with van der Waals surface area (Å²) in [4.78, 5) is 2.43. The molecule has 0 aromatic heterocycles. The highest BCUT2D eigenvalue weighted by atomic mass is 35.5. The number of rotatable bonds is 4. The lowest BCUT2D eigenvalue weighted by molar-refractivity contribution is 0.167. The Hall–Kier alpha value is -0.680. The van der Waals surface area contributed by atoms with Crippen molar-refractivity contribution in [1.29, 1.82) is 0 Å². The topological polar surface area (TPSA) is 44.7 Å². The molecule has 0 amide bonds. The van der Waals surface area contributed by atoms with E-state index in [1.165, 1.54) is 0 Å². The predicted molar refractivity (Wildman–Crippen MR) is 86.6 cm³/mol. The van der Waals surface area contributed by atoms with Crippen LogP contribution in [0, 0.1) is 0 Å². The van der Waals surface area contributed by atoms with Crippen LogP contribution in [0.15, 0.2) is 18.2 Å². The maximum atomic E-state index is 10.1. The average Bonchev–Trinajstić information content (AvgIpc) is 2.42. The number of hydrogen-bond acceptors (Lipinski definition) is 4. The maximum absolute atomic E-state index is 10.1. The number of aromatic hydroxyl groups is 1. The molecule has 0 unspecified atom stereocenters. The summed E-state index contributed by atoms with van der Waals surface area (Å²) in [6.07, 6.45) is 1.000. The van der Waals surface area contributed by atoms with Gasteiger partial charge >= 0.3 is 0 Å². The minimum absolute atomic E-state index is 0. The first-order valence-corrected chi connectivity index (χ1v) is 6.58. The Balaban J connectivity index is 0.00000180. The van der Waals surface area contributed by atoms with Crippen molar-refractivity contribution in [3.05, 3.63) is 23.8 Å². The summed E-state index contributed by atoms with van der Waals surface area (Å²) in [6.45, 7) is 6.27. The van der Waals surface area contributed by atoms with Gasteiger partial charge in [0.2, 0.25) is 0 Å². The van der Waals surface area contributed by atoms with Gasteiger partial charge in [-0.05, 0) is 12.5 Å². The van der Waals surface area contributed by atoms with Gasteiger partial charge in [-0.3, -0.25) is 4.90 Å². The molecule has 1 fully saturated rings. The number of benzene rings is 1. The number of ether oxygens (including phenoxy) is 1. The molecule has 0 saturated carbocycles. The van der Waals surface area contributed by atoms with Crippen molar-refractivity contribution < 1.29 is 9.84 Å². The third-order valence-corrected chi connectivity index (χ3v) is 3.58. The predicted octanol–water partition coefficient (Wildman–Crippen LogP) is 2.60. The molecule has 4 nitrogen and oxygen atoms in total. The van der Waals surface area contributed by atoms with Gasteiger partial charge in [0.15, 0.2) is 0 Å². The molecule has 6 heteroatoms. The highest BCUT2D eigenvalue weighted by Crippen LogP contribution is 2.33. The number of phenolic OH excluding ortho intramolecular Hbond substituents is 1. The van der Waals surface area contributed by atoms with E-state index in [0.29, 0.717) is 11.5 Å². The highest BCUT2D eigenvalue weighted by molar-refractivity contribution is 5.85. The molecule has 2 N–H and O–H groups in total. The minimum Gasteiger partial charge on any atom is -0.507 e. The fraction of sp³-hybridized carbons (Fsp3) is 0.571. The largest absolute Gasteiger partial charge is 0.507 e. The monoisotopic (exact) mass is 322 g/mol. The van der Waals surface area contributed by atoms with Crippen LogP contribution in [-0.4, -0.2) is 43.3 Å². The standard InChI is InChI=1S/C14H22N2O2.2ClH/c1-3-13(16-8-6-15-7-9-16)12-5-4-11(18-2)10-14(12)17;;/h4-5,10,13,15,17H,3,6-9H2,1-2H3;2*1H/t13-;;/m0../s1. The molecular weight excluding hydrogens is 299 g/mol. The Kier molecular flexibility index (Phi) is 8.98. The van der Waals surface area contributed by atoms with Gasteiger partial charge in [0, 0.05) is 43.9 Å². The van der Waals surface area contributed by atoms with E-state index in [1.54, 1.807) is 13.2 Å². The molecule has 116 valence electrons. The molecule has 1 atom stereocenters. The Morgan fingerprint density at radius 1 is 1.30 bits per heavy atom. The first-order valence-electron chi connectivity index (χ1n) is 6.58. The summed E-state index contributed by atoms with van der Waals surface area (Å²) in [5, 5.41) is 13.5. The van der Waals surface area contributed by atoms with Crippen LogP contribution in [0.3, 0.4) is 0 Å². The van der Waals surface area contributed by atoms with Gasteiger partial charge in [-0.25, -0.2) is 0 Å². The summed E-state index contributed by atoms with van der Waals surface area (Å²) in [5.41, 5.74) is 1.00. The summed E-state index contributed by atoms with van der Waals surface area (Å²) in [6, 6.07) is 5.88. The molecule has 0 spiro atoms. The van der Waals surface area contributed by atoms with E-state index in [1.807, 2.05) is 12.1 Å². The quantitative estimate of drug-likeness (QED) is 0.894. The van der Waals surface area contributed by atoms with Crippen molar-refractivity contribution in [2.45, 2.75) is 19.4 Å². The second-order valence-corrected chi connectivity index (χ2v) is 4.63. The Morgan fingerprint density at radius 3 is 2.45 bits per heavy atom. The molecule has 20 heavy (non-hydrogen) atoms. The van der Waals surface area contributed by atoms with Gasteiger partial charge in [-0.1, -0.05) is 13.0 Å². The lowest BCUT2D eigenvalue weighted by Gasteiger charge is -2.35. The second kappa shape index (κ2) is 9.29. The van der Waals surface area contributed by atoms with Gasteiger partial charge in [-0.15, -0.1) is 24.8 Å². The van der Waals surface area contributed by atoms with E-state index in [0.717, 1.165) is 38.2 Å². The van der Waals surface area contributed by atoms with Crippen molar-refractivity contribution in [3.63, 3.8) is 0 Å². The van der Waals surface area contributed by atoms with Crippen molar-refractivity contribution in [2.75, 3.05) is 33.3 Å². The van der Waals surface area contributed by atoms with E-state index < -0.39 is 0 Å². The minimum atomic E-state index is 0. The van der Waals surface area contributed by atoms with Gasteiger partial charge in [0.05, 0.1) is 7.11 Å². The normalized spacial score (nSPS) is 16.7. The van der Waals surface area contributed by atoms with Crippen LogP contribution in [0.1, 0.15) is 24.9 Å². The van der Waals surface area contributed by atoms with Gasteiger partial charge in [0.1, 0.15) is 11.5 Å². The van der Waals surface area contributed by atoms with Crippen molar-refractivity contribution in [1.82, 2.24) is 10.2 Å². The molecule has 0 aliphatic carbocycles. The Bertz CT molecular complexity index is 399. The molecule has 1 aliphatic rings. The zero-order valence-electron chi connectivity index (χ0n) is 12.0. The molecule has 2 rings (SSSR count). The van der Waals surface area contributed by atoms with Crippen molar-refractivity contribution in [2.24, 2.45) is 0 Å². The van der Waals surface area contributed by atoms with Crippen molar-refractivity contribution >= 4 is 24.8 Å².